The van der Waals surface area contributed by atoms with Gasteiger partial charge in [0.2, 0.25) is 15.9 Å². The molecule has 1 aliphatic rings. The molecule has 0 saturated carbocycles. The van der Waals surface area contributed by atoms with Gasteiger partial charge in [0.05, 0.1) is 21.5 Å². The summed E-state index contributed by atoms with van der Waals surface area (Å²) in [5.74, 6) is 0.0238. The number of rotatable bonds is 5. The van der Waals surface area contributed by atoms with Gasteiger partial charge in [-0.25, -0.2) is 8.42 Å². The minimum Gasteiger partial charge on any atom is -0.340 e. The average molecular weight is 466 g/mol. The Hall–Kier alpha value is -2.01. The Kier molecular flexibility index (Phi) is 5.84. The van der Waals surface area contributed by atoms with Gasteiger partial charge in [-0.05, 0) is 43.5 Å². The van der Waals surface area contributed by atoms with Gasteiger partial charge in [-0.3, -0.25) is 14.2 Å². The number of amides is 1. The minimum absolute atomic E-state index is 0.00787. The number of hydrogen-bond donors (Lipinski definition) is 0. The number of thiazole rings is 1. The molecule has 0 aliphatic carbocycles. The van der Waals surface area contributed by atoms with Crippen molar-refractivity contribution in [3.05, 3.63) is 50.3 Å². The highest BCUT2D eigenvalue weighted by molar-refractivity contribution is 7.89. The van der Waals surface area contributed by atoms with E-state index in [1.165, 1.54) is 4.31 Å². The quantitative estimate of drug-likeness (QED) is 0.580. The summed E-state index contributed by atoms with van der Waals surface area (Å²) < 4.78 is 30.0. The number of fused-ring (bicyclic) bond motifs is 1. The molecule has 0 N–H and O–H groups in total. The van der Waals surface area contributed by atoms with E-state index in [1.807, 2.05) is 31.4 Å². The van der Waals surface area contributed by atoms with Crippen LogP contribution < -0.4 is 4.87 Å². The van der Waals surface area contributed by atoms with Crippen LogP contribution in [0.1, 0.15) is 24.8 Å². The van der Waals surface area contributed by atoms with E-state index in [-0.39, 0.29) is 34.8 Å². The molecule has 1 amide bonds. The van der Waals surface area contributed by atoms with Crippen LogP contribution in [0.25, 0.3) is 10.2 Å². The van der Waals surface area contributed by atoms with Crippen LogP contribution in [-0.2, 0) is 21.2 Å². The van der Waals surface area contributed by atoms with Crippen molar-refractivity contribution in [1.29, 1.82) is 0 Å². The summed E-state index contributed by atoms with van der Waals surface area (Å²) in [5.41, 5.74) is 0.753. The lowest BCUT2D eigenvalue weighted by molar-refractivity contribution is -0.131. The van der Waals surface area contributed by atoms with Gasteiger partial charge in [0.1, 0.15) is 0 Å². The first kappa shape index (κ1) is 21.2. The van der Waals surface area contributed by atoms with E-state index in [9.17, 15) is 18.0 Å². The molecule has 0 unspecified atom stereocenters. The van der Waals surface area contributed by atoms with Crippen LogP contribution in [0.15, 0.2) is 45.4 Å². The fourth-order valence-electron chi connectivity index (χ4n) is 3.67. The van der Waals surface area contributed by atoms with Crippen molar-refractivity contribution < 1.29 is 13.2 Å². The van der Waals surface area contributed by atoms with Crippen molar-refractivity contribution in [3.63, 3.8) is 0 Å². The van der Waals surface area contributed by atoms with Crippen LogP contribution in [0, 0.1) is 0 Å². The van der Waals surface area contributed by atoms with E-state index in [2.05, 4.69) is 0 Å². The van der Waals surface area contributed by atoms with Gasteiger partial charge in [-0.1, -0.05) is 17.4 Å². The Balaban J connectivity index is 1.49. The van der Waals surface area contributed by atoms with E-state index in [0.717, 1.165) is 21.7 Å². The minimum atomic E-state index is -3.68. The normalized spacial score (nSPS) is 15.9. The van der Waals surface area contributed by atoms with Crippen molar-refractivity contribution in [2.45, 2.75) is 31.2 Å². The Bertz CT molecular complexity index is 1220. The molecule has 1 aromatic carbocycles. The highest BCUT2D eigenvalue weighted by Gasteiger charge is 2.30. The molecule has 1 fully saturated rings. The fourth-order valence-corrected chi connectivity index (χ4v) is 6.94. The third-order valence-corrected chi connectivity index (χ3v) is 8.93. The van der Waals surface area contributed by atoms with Gasteiger partial charge in [-0.2, -0.15) is 4.31 Å². The van der Waals surface area contributed by atoms with Crippen LogP contribution in [-0.4, -0.2) is 54.3 Å². The molecule has 0 bridgehead atoms. The predicted octanol–water partition coefficient (Wildman–Crippen LogP) is 2.78. The van der Waals surface area contributed by atoms with Crippen LogP contribution in [0.3, 0.4) is 0 Å². The Morgan fingerprint density at radius 2 is 1.87 bits per heavy atom. The number of sulfonamides is 1. The first-order valence-electron chi connectivity index (χ1n) is 9.73. The summed E-state index contributed by atoms with van der Waals surface area (Å²) in [6, 6.07) is 8.72. The van der Waals surface area contributed by atoms with Gasteiger partial charge in [0.15, 0.2) is 0 Å². The summed E-state index contributed by atoms with van der Waals surface area (Å²) in [6.45, 7) is 5.14. The molecule has 1 aliphatic heterocycles. The van der Waals surface area contributed by atoms with E-state index in [1.54, 1.807) is 39.0 Å². The lowest BCUT2D eigenvalue weighted by atomic mass is 10.3. The molecule has 30 heavy (non-hydrogen) atoms. The van der Waals surface area contributed by atoms with E-state index in [0.29, 0.717) is 24.2 Å². The molecule has 3 heterocycles. The number of benzene rings is 1. The molecule has 3 aromatic rings. The summed E-state index contributed by atoms with van der Waals surface area (Å²) in [5, 5.41) is 1.94. The zero-order valence-corrected chi connectivity index (χ0v) is 19.2. The number of piperazine rings is 1. The molecule has 1 saturated heterocycles. The maximum atomic E-state index is 13.1. The Morgan fingerprint density at radius 3 is 2.50 bits per heavy atom. The van der Waals surface area contributed by atoms with Gasteiger partial charge < -0.3 is 4.90 Å². The van der Waals surface area contributed by atoms with Gasteiger partial charge in [-0.15, -0.1) is 11.3 Å². The fraction of sp³-hybridized carbons (Fsp3) is 0.400. The van der Waals surface area contributed by atoms with Crippen LogP contribution in [0.5, 0.6) is 0 Å². The lowest BCUT2D eigenvalue weighted by Gasteiger charge is -2.34. The molecule has 0 radical (unpaired) electrons. The third-order valence-electron chi connectivity index (χ3n) is 5.24. The zero-order valence-electron chi connectivity index (χ0n) is 16.8. The lowest BCUT2D eigenvalue weighted by Crippen LogP contribution is -2.50. The van der Waals surface area contributed by atoms with E-state index < -0.39 is 10.0 Å². The molecule has 2 aromatic heterocycles. The second-order valence-electron chi connectivity index (χ2n) is 7.50. The monoisotopic (exact) mass is 465 g/mol. The first-order valence-corrected chi connectivity index (χ1v) is 12.9. The van der Waals surface area contributed by atoms with E-state index in [4.69, 9.17) is 0 Å². The smallest absolute Gasteiger partial charge is 0.308 e. The van der Waals surface area contributed by atoms with Crippen LogP contribution >= 0.6 is 22.7 Å². The number of carbonyl (C=O) groups is 1. The molecule has 0 spiro atoms. The molecule has 10 heteroatoms. The summed E-state index contributed by atoms with van der Waals surface area (Å²) in [4.78, 5) is 27.5. The zero-order chi connectivity index (χ0) is 21.5. The molecular weight excluding hydrogens is 442 g/mol. The SMILES string of the molecule is CC(C)n1c(=O)sc2cc(S(=O)(=O)N3CCN(C(=O)Cc4cccs4)CC3)ccc21. The van der Waals surface area contributed by atoms with Crippen molar-refractivity contribution >= 4 is 48.8 Å². The van der Waals surface area contributed by atoms with Crippen LogP contribution in [0.4, 0.5) is 0 Å². The van der Waals surface area contributed by atoms with Gasteiger partial charge in [0, 0.05) is 37.1 Å². The van der Waals surface area contributed by atoms with Crippen molar-refractivity contribution in [1.82, 2.24) is 13.8 Å². The highest BCUT2D eigenvalue weighted by atomic mass is 32.2. The molecule has 160 valence electrons. The number of thiophene rings is 1. The van der Waals surface area contributed by atoms with Crippen molar-refractivity contribution in [2.75, 3.05) is 26.2 Å². The Morgan fingerprint density at radius 1 is 1.13 bits per heavy atom. The second kappa shape index (κ2) is 8.26. The molecule has 7 nitrogen and oxygen atoms in total. The molecule has 0 atom stereocenters. The van der Waals surface area contributed by atoms with Crippen molar-refractivity contribution in [2.24, 2.45) is 0 Å². The predicted molar refractivity (Wildman–Crippen MR) is 120 cm³/mol. The van der Waals surface area contributed by atoms with Gasteiger partial charge in [0.25, 0.3) is 0 Å². The second-order valence-corrected chi connectivity index (χ2v) is 11.5. The van der Waals surface area contributed by atoms with E-state index >= 15 is 0 Å². The average Bonchev–Trinajstić information content (AvgIpc) is 3.33. The van der Waals surface area contributed by atoms with Crippen LogP contribution in [0.2, 0.25) is 0 Å². The Labute approximate surface area is 183 Å². The number of nitrogens with zero attached hydrogens (tertiary/aromatic N) is 3. The summed E-state index contributed by atoms with van der Waals surface area (Å²) in [7, 11) is -3.68. The number of aromatic nitrogens is 1. The van der Waals surface area contributed by atoms with Crippen molar-refractivity contribution in [3.8, 4) is 0 Å². The number of carbonyl (C=O) groups excluding carboxylic acids is 1. The summed E-state index contributed by atoms with van der Waals surface area (Å²) in [6.07, 6.45) is 0.354. The molecular formula is C20H23N3O4S3. The van der Waals surface area contributed by atoms with Gasteiger partial charge >= 0.3 is 4.87 Å². The highest BCUT2D eigenvalue weighted by Crippen LogP contribution is 2.26. The topological polar surface area (TPSA) is 79.7 Å². The number of hydrogen-bond acceptors (Lipinski definition) is 6. The first-order chi connectivity index (χ1) is 14.3. The maximum absolute atomic E-state index is 13.1. The molecule has 4 rings (SSSR count). The maximum Gasteiger partial charge on any atom is 0.308 e. The largest absolute Gasteiger partial charge is 0.340 e. The standard InChI is InChI=1S/C20H23N3O4S3/c1-14(2)23-17-6-5-16(13-18(17)29-20(23)25)30(26,27)22-9-7-21(8-10-22)19(24)12-15-4-3-11-28-15/h3-6,11,13-14H,7-10,12H2,1-2H3. The third kappa shape index (κ3) is 3.96. The summed E-state index contributed by atoms with van der Waals surface area (Å²) >= 11 is 2.61.